The summed E-state index contributed by atoms with van der Waals surface area (Å²) >= 11 is 1.09. The van der Waals surface area contributed by atoms with Crippen LogP contribution in [0, 0.1) is 5.41 Å². The molecule has 2 amide bonds. The van der Waals surface area contributed by atoms with Crippen molar-refractivity contribution < 1.29 is 85.6 Å². The third kappa shape index (κ3) is 19.2. The molecule has 11 N–H and O–H groups in total. The van der Waals surface area contributed by atoms with E-state index in [1.807, 2.05) is 12.2 Å². The molecule has 0 saturated carbocycles. The number of nitrogens with zero attached hydrogens (tertiary/aromatic N) is 4. The van der Waals surface area contributed by atoms with Crippen LogP contribution in [0.15, 0.2) is 24.8 Å². The molecule has 8 atom stereocenters. The smallest absolute Gasteiger partial charge is 0.393 e. The second kappa shape index (κ2) is 26.0. The number of ether oxygens (including phenoxy) is 1. The molecule has 0 spiro atoms. The lowest BCUT2D eigenvalue weighted by atomic mass is 9.87. The summed E-state index contributed by atoms with van der Waals surface area (Å²) in [6, 6.07) is 0. The number of carbonyl (C=O) groups excluding carboxylic acids is 3. The van der Waals surface area contributed by atoms with Gasteiger partial charge in [-0.3, -0.25) is 32.5 Å². The molecule has 3 heterocycles. The Kier molecular flexibility index (Phi) is 22.6. The van der Waals surface area contributed by atoms with Crippen LogP contribution < -0.4 is 16.4 Å². The Bertz CT molecular complexity index is 2010. The van der Waals surface area contributed by atoms with Crippen LogP contribution in [-0.4, -0.2) is 134 Å². The number of amides is 2. The average Bonchev–Trinajstić information content (AvgIpc) is 3.77. The standard InChI is InChI=1S/C35H60N7O18P3S/c1-4-5-6-9-12-23(43)13-10-7-8-11-14-26(45)64-18-17-37-25(44)15-16-38-33(48)30(47)35(2,3)20-57-63(54,55)60-62(52,53)56-19-24-29(59-61(49,50)51)28(46)34(58-24)42-22-41-27-31(36)39-21-40-32(27)42/h7,10,21-24,28-30,34,43,46-47H,4-6,8-9,11-20H2,1-3H3,(H,37,44)(H,38,48)(H,52,53)(H,54,55)(H2,36,39,40)(H2,49,50,51)/b10-7+. The Balaban J connectivity index is 1.36. The first-order valence-electron chi connectivity index (χ1n) is 20.3. The average molecular weight is 992 g/mol. The highest BCUT2D eigenvalue weighted by Gasteiger charge is 2.50. The minimum absolute atomic E-state index is 0.0180. The predicted octanol–water partition coefficient (Wildman–Crippen LogP) is 2.11. The molecule has 25 nitrogen and oxygen atoms in total. The Hall–Kier alpha value is -2.74. The lowest BCUT2D eigenvalue weighted by Gasteiger charge is -2.30. The van der Waals surface area contributed by atoms with Crippen molar-refractivity contribution in [2.75, 3.05) is 37.8 Å². The van der Waals surface area contributed by atoms with E-state index in [4.69, 9.17) is 19.5 Å². The number of nitrogens with one attached hydrogen (secondary N) is 2. The fraction of sp³-hybridized carbons (Fsp3) is 0.714. The number of nitrogens with two attached hydrogens (primary N) is 1. The zero-order valence-electron chi connectivity index (χ0n) is 35.6. The maximum absolute atomic E-state index is 12.7. The second-order valence-electron chi connectivity index (χ2n) is 15.4. The number of carbonyl (C=O) groups is 3. The topological polar surface area (TPSA) is 384 Å². The monoisotopic (exact) mass is 991 g/mol. The molecule has 29 heteroatoms. The number of nitrogen functional groups attached to an aromatic ring is 1. The fourth-order valence-corrected chi connectivity index (χ4v) is 9.58. The molecule has 0 radical (unpaired) electrons. The number of allylic oxidation sites excluding steroid dienone is 1. The van der Waals surface area contributed by atoms with Crippen molar-refractivity contribution in [3.63, 3.8) is 0 Å². The van der Waals surface area contributed by atoms with Gasteiger partial charge in [0.05, 0.1) is 25.6 Å². The first-order chi connectivity index (χ1) is 29.9. The van der Waals surface area contributed by atoms with Gasteiger partial charge in [0.15, 0.2) is 22.8 Å². The van der Waals surface area contributed by atoms with Gasteiger partial charge in [-0.1, -0.05) is 70.4 Å². The highest BCUT2D eigenvalue weighted by atomic mass is 32.2. The van der Waals surface area contributed by atoms with Crippen LogP contribution in [0.5, 0.6) is 0 Å². The van der Waals surface area contributed by atoms with Gasteiger partial charge in [0.1, 0.15) is 36.3 Å². The third-order valence-electron chi connectivity index (χ3n) is 9.48. The number of fused-ring (bicyclic) bond motifs is 1. The summed E-state index contributed by atoms with van der Waals surface area (Å²) in [4.78, 5) is 88.1. The fourth-order valence-electron chi connectivity index (χ4n) is 6.03. The number of phosphoric acid groups is 3. The number of unbranched alkanes of at least 4 members (excludes halogenated alkanes) is 4. The van der Waals surface area contributed by atoms with Crippen LogP contribution in [-0.2, 0) is 50.7 Å². The molecule has 0 bridgehead atoms. The van der Waals surface area contributed by atoms with Crippen LogP contribution in [0.25, 0.3) is 11.2 Å². The summed E-state index contributed by atoms with van der Waals surface area (Å²) in [6.07, 6.45) is 4.19. The van der Waals surface area contributed by atoms with Gasteiger partial charge in [0.25, 0.3) is 0 Å². The van der Waals surface area contributed by atoms with Gasteiger partial charge in [-0.2, -0.15) is 4.31 Å². The van der Waals surface area contributed by atoms with E-state index in [2.05, 4.69) is 41.3 Å². The minimum Gasteiger partial charge on any atom is -0.393 e. The van der Waals surface area contributed by atoms with Crippen molar-refractivity contribution in [1.29, 1.82) is 0 Å². The number of aliphatic hydroxyl groups excluding tert-OH is 3. The molecule has 1 aliphatic heterocycles. The molecule has 64 heavy (non-hydrogen) atoms. The Labute approximate surface area is 373 Å². The molecule has 0 aromatic carbocycles. The first kappa shape index (κ1) is 55.6. The van der Waals surface area contributed by atoms with Gasteiger partial charge in [0, 0.05) is 37.1 Å². The SMILES string of the molecule is CCCCCCC(O)C/C=C/CCCC(=O)SCCNC(=O)CCNC(=O)C(O)C(C)(C)COP(=O)(O)OP(=O)(O)OCC1OC(n2cnc3c(N)ncnc32)C(O)C1OP(=O)(O)O. The zero-order chi connectivity index (χ0) is 47.7. The lowest BCUT2D eigenvalue weighted by molar-refractivity contribution is -0.137. The van der Waals surface area contributed by atoms with Crippen molar-refractivity contribution in [3.8, 4) is 0 Å². The van der Waals surface area contributed by atoms with Gasteiger partial charge < -0.3 is 56.0 Å². The number of aliphatic hydroxyl groups is 3. The zero-order valence-corrected chi connectivity index (χ0v) is 39.1. The van der Waals surface area contributed by atoms with E-state index in [-0.39, 0.29) is 47.7 Å². The number of imidazole rings is 1. The van der Waals surface area contributed by atoms with Crippen LogP contribution in [0.3, 0.4) is 0 Å². The number of aromatic nitrogens is 4. The van der Waals surface area contributed by atoms with Crippen molar-refractivity contribution in [2.24, 2.45) is 5.41 Å². The molecule has 0 aliphatic carbocycles. The molecule has 1 fully saturated rings. The summed E-state index contributed by atoms with van der Waals surface area (Å²) in [5.41, 5.74) is 4.26. The molecule has 1 saturated heterocycles. The number of hydrogen-bond donors (Lipinski definition) is 10. The van der Waals surface area contributed by atoms with E-state index in [1.165, 1.54) is 20.3 Å². The van der Waals surface area contributed by atoms with Crippen molar-refractivity contribution in [1.82, 2.24) is 30.2 Å². The third-order valence-corrected chi connectivity index (χ3v) is 13.5. The normalized spacial score (nSPS) is 21.1. The minimum atomic E-state index is -5.58. The van der Waals surface area contributed by atoms with Crippen molar-refractivity contribution in [3.05, 3.63) is 24.8 Å². The Morgan fingerprint density at radius 1 is 0.984 bits per heavy atom. The Morgan fingerprint density at radius 2 is 1.70 bits per heavy atom. The summed E-state index contributed by atoms with van der Waals surface area (Å²) < 4.78 is 62.3. The molecule has 1 aliphatic rings. The summed E-state index contributed by atoms with van der Waals surface area (Å²) in [6.45, 7) is 2.61. The summed E-state index contributed by atoms with van der Waals surface area (Å²) in [5, 5.41) is 36.5. The summed E-state index contributed by atoms with van der Waals surface area (Å²) in [7, 11) is -16.4. The molecule has 2 aromatic heterocycles. The van der Waals surface area contributed by atoms with Gasteiger partial charge in [-0.15, -0.1) is 0 Å². The molecule has 8 unspecified atom stereocenters. The second-order valence-corrected chi connectivity index (χ2v) is 20.8. The molecular formula is C35H60N7O18P3S. The van der Waals surface area contributed by atoms with E-state index in [9.17, 15) is 63.0 Å². The van der Waals surface area contributed by atoms with E-state index in [0.717, 1.165) is 61.1 Å². The van der Waals surface area contributed by atoms with E-state index in [0.29, 0.717) is 25.0 Å². The van der Waals surface area contributed by atoms with Gasteiger partial charge in [-0.05, 0) is 25.7 Å². The maximum Gasteiger partial charge on any atom is 0.481 e. The molecule has 2 aromatic rings. The summed E-state index contributed by atoms with van der Waals surface area (Å²) in [5.74, 6) is -1.13. The van der Waals surface area contributed by atoms with Crippen molar-refractivity contribution in [2.45, 2.75) is 122 Å². The van der Waals surface area contributed by atoms with Crippen molar-refractivity contribution >= 4 is 69.1 Å². The van der Waals surface area contributed by atoms with E-state index in [1.54, 1.807) is 0 Å². The van der Waals surface area contributed by atoms with Crippen LogP contribution >= 0.6 is 35.2 Å². The van der Waals surface area contributed by atoms with Gasteiger partial charge in [-0.25, -0.2) is 28.6 Å². The van der Waals surface area contributed by atoms with Gasteiger partial charge in [0.2, 0.25) is 11.8 Å². The highest BCUT2D eigenvalue weighted by molar-refractivity contribution is 8.13. The number of thioether (sulfide) groups is 1. The number of rotatable bonds is 30. The van der Waals surface area contributed by atoms with E-state index >= 15 is 0 Å². The van der Waals surface area contributed by atoms with Crippen LogP contribution in [0.4, 0.5) is 5.82 Å². The number of anilines is 1. The van der Waals surface area contributed by atoms with Crippen LogP contribution in [0.2, 0.25) is 0 Å². The van der Waals surface area contributed by atoms with E-state index < -0.39 is 84.6 Å². The highest BCUT2D eigenvalue weighted by Crippen LogP contribution is 2.61. The molecule has 3 rings (SSSR count). The predicted molar refractivity (Wildman–Crippen MR) is 229 cm³/mol. The number of hydrogen-bond acceptors (Lipinski definition) is 19. The van der Waals surface area contributed by atoms with Gasteiger partial charge >= 0.3 is 23.5 Å². The maximum atomic E-state index is 12.7. The first-order valence-corrected chi connectivity index (χ1v) is 25.8. The number of phosphoric ester groups is 3. The largest absolute Gasteiger partial charge is 0.481 e. The van der Waals surface area contributed by atoms with Crippen LogP contribution in [0.1, 0.15) is 91.2 Å². The lowest BCUT2D eigenvalue weighted by Crippen LogP contribution is -2.46. The molecule has 364 valence electrons. The quantitative estimate of drug-likeness (QED) is 0.0304. The Morgan fingerprint density at radius 3 is 2.41 bits per heavy atom. The molecular weight excluding hydrogens is 931 g/mol.